The van der Waals surface area contributed by atoms with Crippen molar-refractivity contribution in [3.63, 3.8) is 0 Å². The van der Waals surface area contributed by atoms with Crippen LogP contribution in [-0.2, 0) is 9.47 Å². The summed E-state index contributed by atoms with van der Waals surface area (Å²) in [5.41, 5.74) is 0.167. The number of hydrogen-bond donors (Lipinski definition) is 0. The maximum atomic E-state index is 6.02. The molecular weight excluding hydrogens is 200 g/mol. The predicted molar refractivity (Wildman–Crippen MR) is 65.6 cm³/mol. The van der Waals surface area contributed by atoms with Crippen molar-refractivity contribution in [2.75, 3.05) is 6.61 Å². The summed E-state index contributed by atoms with van der Waals surface area (Å²) < 4.78 is 11.8. The Bertz CT molecular complexity index is 229. The zero-order chi connectivity index (χ0) is 11.6. The minimum Gasteiger partial charge on any atom is -0.378 e. The van der Waals surface area contributed by atoms with E-state index in [-0.39, 0.29) is 5.60 Å². The van der Waals surface area contributed by atoms with E-state index in [4.69, 9.17) is 9.47 Å². The van der Waals surface area contributed by atoms with Crippen LogP contribution in [0.5, 0.6) is 0 Å². The minimum atomic E-state index is 0.167. The van der Waals surface area contributed by atoms with E-state index in [0.717, 1.165) is 13.0 Å². The number of hydrogen-bond acceptors (Lipinski definition) is 2. The molecule has 0 radical (unpaired) electrons. The normalized spacial score (nSPS) is 41.8. The van der Waals surface area contributed by atoms with E-state index < -0.39 is 0 Å². The molecule has 1 saturated carbocycles. The van der Waals surface area contributed by atoms with Crippen LogP contribution >= 0.6 is 0 Å². The number of rotatable bonds is 6. The molecule has 0 aromatic rings. The molecule has 2 rings (SSSR count). The van der Waals surface area contributed by atoms with Gasteiger partial charge in [-0.3, -0.25) is 0 Å². The van der Waals surface area contributed by atoms with Crippen LogP contribution in [0.4, 0.5) is 0 Å². The number of fused-ring (bicyclic) bond motifs is 1. The molecule has 2 fully saturated rings. The fraction of sp³-hybridized carbons (Fsp3) is 1.00. The Morgan fingerprint density at radius 3 is 2.88 bits per heavy atom. The summed E-state index contributed by atoms with van der Waals surface area (Å²) in [5, 5.41) is 0. The second kappa shape index (κ2) is 5.05. The van der Waals surface area contributed by atoms with E-state index in [1.54, 1.807) is 0 Å². The lowest BCUT2D eigenvalue weighted by atomic mass is 9.81. The van der Waals surface area contributed by atoms with Gasteiger partial charge in [-0.05, 0) is 25.7 Å². The molecule has 0 aromatic heterocycles. The standard InChI is InChI=1S/C14H26O2/c1-4-5-6-7-8-15-12-10-14(3)13(16-14)9-11(12)2/h11-13H,4-10H2,1-3H3. The second-order valence-electron chi connectivity index (χ2n) is 5.81. The van der Waals surface area contributed by atoms with Crippen LogP contribution in [0.1, 0.15) is 59.3 Å². The van der Waals surface area contributed by atoms with Gasteiger partial charge in [0.05, 0.1) is 17.8 Å². The van der Waals surface area contributed by atoms with Crippen LogP contribution in [0.15, 0.2) is 0 Å². The number of ether oxygens (including phenoxy) is 2. The lowest BCUT2D eigenvalue weighted by Gasteiger charge is -2.29. The van der Waals surface area contributed by atoms with Crippen molar-refractivity contribution in [3.05, 3.63) is 0 Å². The highest BCUT2D eigenvalue weighted by Crippen LogP contribution is 2.49. The molecule has 1 saturated heterocycles. The molecule has 0 bridgehead atoms. The quantitative estimate of drug-likeness (QED) is 0.510. The molecule has 0 N–H and O–H groups in total. The number of epoxide rings is 1. The van der Waals surface area contributed by atoms with Gasteiger partial charge in [0.25, 0.3) is 0 Å². The van der Waals surface area contributed by atoms with Gasteiger partial charge >= 0.3 is 0 Å². The minimum absolute atomic E-state index is 0.167. The molecule has 0 aromatic carbocycles. The average Bonchev–Trinajstić information content (AvgIpc) is 2.88. The van der Waals surface area contributed by atoms with Crippen molar-refractivity contribution in [1.82, 2.24) is 0 Å². The third kappa shape index (κ3) is 2.78. The van der Waals surface area contributed by atoms with Crippen LogP contribution in [0.25, 0.3) is 0 Å². The van der Waals surface area contributed by atoms with E-state index in [2.05, 4.69) is 20.8 Å². The first-order chi connectivity index (χ1) is 7.65. The van der Waals surface area contributed by atoms with Gasteiger partial charge in [-0.25, -0.2) is 0 Å². The van der Waals surface area contributed by atoms with Gasteiger partial charge in [-0.2, -0.15) is 0 Å². The third-order valence-corrected chi connectivity index (χ3v) is 4.19. The van der Waals surface area contributed by atoms with Gasteiger partial charge in [-0.1, -0.05) is 33.1 Å². The van der Waals surface area contributed by atoms with Crippen molar-refractivity contribution < 1.29 is 9.47 Å². The topological polar surface area (TPSA) is 21.8 Å². The molecule has 4 unspecified atom stereocenters. The zero-order valence-corrected chi connectivity index (χ0v) is 11.0. The molecular formula is C14H26O2. The lowest BCUT2D eigenvalue weighted by Crippen LogP contribution is -2.34. The van der Waals surface area contributed by atoms with Crippen LogP contribution in [0.2, 0.25) is 0 Å². The summed E-state index contributed by atoms with van der Waals surface area (Å²) in [4.78, 5) is 0. The number of unbranched alkanes of at least 4 members (excludes halogenated alkanes) is 3. The van der Waals surface area contributed by atoms with Crippen molar-refractivity contribution in [1.29, 1.82) is 0 Å². The summed E-state index contributed by atoms with van der Waals surface area (Å²) in [6.45, 7) is 7.72. The Morgan fingerprint density at radius 1 is 1.31 bits per heavy atom. The molecule has 1 heterocycles. The Kier molecular flexibility index (Phi) is 3.91. The van der Waals surface area contributed by atoms with E-state index in [1.807, 2.05) is 0 Å². The highest BCUT2D eigenvalue weighted by molar-refractivity contribution is 5.06. The molecule has 16 heavy (non-hydrogen) atoms. The van der Waals surface area contributed by atoms with E-state index >= 15 is 0 Å². The Morgan fingerprint density at radius 2 is 2.12 bits per heavy atom. The van der Waals surface area contributed by atoms with Crippen LogP contribution in [0.3, 0.4) is 0 Å². The van der Waals surface area contributed by atoms with Crippen LogP contribution < -0.4 is 0 Å². The largest absolute Gasteiger partial charge is 0.378 e. The van der Waals surface area contributed by atoms with Crippen molar-refractivity contribution >= 4 is 0 Å². The fourth-order valence-corrected chi connectivity index (χ4v) is 2.84. The van der Waals surface area contributed by atoms with Crippen molar-refractivity contribution in [3.8, 4) is 0 Å². The van der Waals surface area contributed by atoms with E-state index in [1.165, 1.54) is 32.1 Å². The van der Waals surface area contributed by atoms with Crippen molar-refractivity contribution in [2.45, 2.75) is 77.1 Å². The van der Waals surface area contributed by atoms with Gasteiger partial charge in [0.2, 0.25) is 0 Å². The molecule has 2 heteroatoms. The fourth-order valence-electron chi connectivity index (χ4n) is 2.84. The van der Waals surface area contributed by atoms with Gasteiger partial charge in [0, 0.05) is 13.0 Å². The zero-order valence-electron chi connectivity index (χ0n) is 11.0. The first-order valence-electron chi connectivity index (χ1n) is 6.95. The maximum Gasteiger partial charge on any atom is 0.0945 e. The predicted octanol–water partition coefficient (Wildman–Crippen LogP) is 3.54. The first kappa shape index (κ1) is 12.4. The summed E-state index contributed by atoms with van der Waals surface area (Å²) in [7, 11) is 0. The third-order valence-electron chi connectivity index (χ3n) is 4.19. The van der Waals surface area contributed by atoms with Gasteiger partial charge in [0.1, 0.15) is 0 Å². The van der Waals surface area contributed by atoms with Crippen LogP contribution in [0, 0.1) is 5.92 Å². The molecule has 1 aliphatic heterocycles. The van der Waals surface area contributed by atoms with E-state index in [0.29, 0.717) is 18.1 Å². The van der Waals surface area contributed by atoms with Gasteiger partial charge in [-0.15, -0.1) is 0 Å². The summed E-state index contributed by atoms with van der Waals surface area (Å²) in [6, 6.07) is 0. The maximum absolute atomic E-state index is 6.02. The summed E-state index contributed by atoms with van der Waals surface area (Å²) >= 11 is 0. The SMILES string of the molecule is CCCCCCOC1CC2(C)OC2CC1C. The molecule has 0 amide bonds. The van der Waals surface area contributed by atoms with Crippen molar-refractivity contribution in [2.24, 2.45) is 5.92 Å². The second-order valence-corrected chi connectivity index (χ2v) is 5.81. The summed E-state index contributed by atoms with van der Waals surface area (Å²) in [5.74, 6) is 0.673. The molecule has 0 spiro atoms. The molecule has 4 atom stereocenters. The smallest absolute Gasteiger partial charge is 0.0945 e. The molecule has 2 aliphatic rings. The summed E-state index contributed by atoms with van der Waals surface area (Å²) in [6.07, 6.45) is 8.43. The first-order valence-corrected chi connectivity index (χ1v) is 6.95. The van der Waals surface area contributed by atoms with E-state index in [9.17, 15) is 0 Å². The Balaban J connectivity index is 1.64. The molecule has 1 aliphatic carbocycles. The highest BCUT2D eigenvalue weighted by Gasteiger charge is 2.57. The van der Waals surface area contributed by atoms with Gasteiger partial charge in [0.15, 0.2) is 0 Å². The lowest BCUT2D eigenvalue weighted by molar-refractivity contribution is -0.00963. The Labute approximate surface area is 99.7 Å². The Hall–Kier alpha value is -0.0800. The van der Waals surface area contributed by atoms with Gasteiger partial charge < -0.3 is 9.47 Å². The van der Waals surface area contributed by atoms with Crippen LogP contribution in [-0.4, -0.2) is 24.4 Å². The molecule has 94 valence electrons. The molecule has 2 nitrogen and oxygen atoms in total. The monoisotopic (exact) mass is 226 g/mol. The average molecular weight is 226 g/mol. The highest BCUT2D eigenvalue weighted by atomic mass is 16.6.